The largest absolute Gasteiger partial charge is 0.479 e. The number of carbonyl (C=O) groups is 2. The van der Waals surface area contributed by atoms with E-state index in [2.05, 4.69) is 19.2 Å². The second-order valence-electron chi connectivity index (χ2n) is 6.62. The SMILES string of the molecule is CCC1(C(=O)O)CCCN1C(=O)NC(C)CCCC(C)C. The number of carboxylic acid groups (broad SMARTS) is 1. The number of carboxylic acids is 1. The minimum atomic E-state index is -1.01. The monoisotopic (exact) mass is 298 g/mol. The molecular formula is C16H30N2O3. The Labute approximate surface area is 128 Å². The highest BCUT2D eigenvalue weighted by atomic mass is 16.4. The van der Waals surface area contributed by atoms with Crippen LogP contribution < -0.4 is 5.32 Å². The molecule has 1 fully saturated rings. The average Bonchev–Trinajstić information content (AvgIpc) is 2.83. The third-order valence-corrected chi connectivity index (χ3v) is 4.51. The Kier molecular flexibility index (Phi) is 6.49. The molecule has 2 N–H and O–H groups in total. The first-order chi connectivity index (χ1) is 9.83. The fraction of sp³-hybridized carbons (Fsp3) is 0.875. The first-order valence-electron chi connectivity index (χ1n) is 8.15. The normalized spacial score (nSPS) is 23.4. The summed E-state index contributed by atoms with van der Waals surface area (Å²) < 4.78 is 0. The van der Waals surface area contributed by atoms with E-state index in [1.807, 2.05) is 13.8 Å². The van der Waals surface area contributed by atoms with Crippen LogP contribution in [0.4, 0.5) is 4.79 Å². The zero-order valence-corrected chi connectivity index (χ0v) is 13.8. The number of carbonyl (C=O) groups excluding carboxylic acids is 1. The molecular weight excluding hydrogens is 268 g/mol. The standard InChI is InChI=1S/C16H30N2O3/c1-5-16(14(19)20)10-7-11-18(16)15(21)17-13(4)9-6-8-12(2)3/h12-13H,5-11H2,1-4H3,(H,17,21)(H,19,20). The molecule has 0 spiro atoms. The lowest BCUT2D eigenvalue weighted by atomic mass is 9.93. The van der Waals surface area contributed by atoms with E-state index in [4.69, 9.17) is 0 Å². The van der Waals surface area contributed by atoms with E-state index >= 15 is 0 Å². The number of amides is 2. The minimum Gasteiger partial charge on any atom is -0.479 e. The second-order valence-corrected chi connectivity index (χ2v) is 6.62. The molecule has 2 unspecified atom stereocenters. The molecule has 5 nitrogen and oxygen atoms in total. The Balaban J connectivity index is 2.56. The Bertz CT molecular complexity index is 371. The van der Waals surface area contributed by atoms with Crippen LogP contribution >= 0.6 is 0 Å². The second kappa shape index (κ2) is 7.66. The van der Waals surface area contributed by atoms with Crippen LogP contribution in [0.5, 0.6) is 0 Å². The Morgan fingerprint density at radius 1 is 1.29 bits per heavy atom. The van der Waals surface area contributed by atoms with Crippen LogP contribution in [-0.2, 0) is 4.79 Å². The number of urea groups is 1. The van der Waals surface area contributed by atoms with Crippen molar-refractivity contribution in [3.05, 3.63) is 0 Å². The van der Waals surface area contributed by atoms with Crippen molar-refractivity contribution in [1.82, 2.24) is 10.2 Å². The van der Waals surface area contributed by atoms with Crippen molar-refractivity contribution in [3.63, 3.8) is 0 Å². The number of rotatable bonds is 7. The van der Waals surface area contributed by atoms with Crippen molar-refractivity contribution < 1.29 is 14.7 Å². The first-order valence-corrected chi connectivity index (χ1v) is 8.15. The van der Waals surface area contributed by atoms with Crippen molar-refractivity contribution in [2.45, 2.75) is 77.8 Å². The lowest BCUT2D eigenvalue weighted by Gasteiger charge is -2.34. The number of nitrogens with one attached hydrogen (secondary N) is 1. The van der Waals surface area contributed by atoms with Crippen molar-refractivity contribution in [2.24, 2.45) is 5.92 Å². The molecule has 1 aliphatic rings. The van der Waals surface area contributed by atoms with Gasteiger partial charge in [-0.3, -0.25) is 0 Å². The van der Waals surface area contributed by atoms with Gasteiger partial charge in [0.15, 0.2) is 0 Å². The predicted molar refractivity (Wildman–Crippen MR) is 83.3 cm³/mol. The Morgan fingerprint density at radius 2 is 1.95 bits per heavy atom. The molecule has 0 radical (unpaired) electrons. The van der Waals surface area contributed by atoms with Gasteiger partial charge in [0.1, 0.15) is 5.54 Å². The Hall–Kier alpha value is -1.26. The van der Waals surface area contributed by atoms with Crippen LogP contribution in [0.2, 0.25) is 0 Å². The molecule has 21 heavy (non-hydrogen) atoms. The molecule has 1 aliphatic heterocycles. The molecule has 0 aromatic heterocycles. The third-order valence-electron chi connectivity index (χ3n) is 4.51. The molecule has 0 aromatic carbocycles. The van der Waals surface area contributed by atoms with Crippen LogP contribution in [0.3, 0.4) is 0 Å². The summed E-state index contributed by atoms with van der Waals surface area (Å²) in [6.45, 7) is 8.74. The molecule has 122 valence electrons. The van der Waals surface area contributed by atoms with Gasteiger partial charge in [0.25, 0.3) is 0 Å². The van der Waals surface area contributed by atoms with E-state index in [-0.39, 0.29) is 12.1 Å². The van der Waals surface area contributed by atoms with Gasteiger partial charge in [0.2, 0.25) is 0 Å². The first kappa shape index (κ1) is 17.8. The summed E-state index contributed by atoms with van der Waals surface area (Å²) in [5.41, 5.74) is -1.01. The van der Waals surface area contributed by atoms with E-state index in [0.29, 0.717) is 25.3 Å². The summed E-state index contributed by atoms with van der Waals surface area (Å²) in [5, 5.41) is 12.5. The molecule has 1 heterocycles. The summed E-state index contributed by atoms with van der Waals surface area (Å²) in [7, 11) is 0. The summed E-state index contributed by atoms with van der Waals surface area (Å²) in [4.78, 5) is 25.5. The minimum absolute atomic E-state index is 0.0835. The van der Waals surface area contributed by atoms with Gasteiger partial charge in [0.05, 0.1) is 0 Å². The van der Waals surface area contributed by atoms with Crippen LogP contribution in [0.25, 0.3) is 0 Å². The smallest absolute Gasteiger partial charge is 0.329 e. The lowest BCUT2D eigenvalue weighted by Crippen LogP contribution is -2.56. The van der Waals surface area contributed by atoms with Gasteiger partial charge in [-0.05, 0) is 38.5 Å². The lowest BCUT2D eigenvalue weighted by molar-refractivity contribution is -0.148. The summed E-state index contributed by atoms with van der Waals surface area (Å²) >= 11 is 0. The zero-order chi connectivity index (χ0) is 16.0. The predicted octanol–water partition coefficient (Wildman–Crippen LogP) is 3.24. The van der Waals surface area contributed by atoms with Gasteiger partial charge < -0.3 is 15.3 Å². The van der Waals surface area contributed by atoms with Gasteiger partial charge in [-0.1, -0.05) is 33.6 Å². The highest BCUT2D eigenvalue weighted by Crippen LogP contribution is 2.32. The molecule has 0 aliphatic carbocycles. The van der Waals surface area contributed by atoms with Crippen molar-refractivity contribution in [3.8, 4) is 0 Å². The molecule has 0 bridgehead atoms. The number of hydrogen-bond donors (Lipinski definition) is 2. The molecule has 1 rings (SSSR count). The van der Waals surface area contributed by atoms with E-state index in [9.17, 15) is 14.7 Å². The number of aliphatic carboxylic acids is 1. The van der Waals surface area contributed by atoms with E-state index in [0.717, 1.165) is 25.7 Å². The summed E-state index contributed by atoms with van der Waals surface area (Å²) in [6, 6.07) is -0.144. The number of likely N-dealkylation sites (tertiary alicyclic amines) is 1. The van der Waals surface area contributed by atoms with Crippen LogP contribution in [-0.4, -0.2) is 40.1 Å². The van der Waals surface area contributed by atoms with Crippen LogP contribution in [0.15, 0.2) is 0 Å². The summed E-state index contributed by atoms with van der Waals surface area (Å²) in [6.07, 6.45) is 4.93. The molecule has 2 amide bonds. The van der Waals surface area contributed by atoms with Gasteiger partial charge in [-0.15, -0.1) is 0 Å². The topological polar surface area (TPSA) is 69.6 Å². The fourth-order valence-corrected chi connectivity index (χ4v) is 3.11. The average molecular weight is 298 g/mol. The highest BCUT2D eigenvalue weighted by Gasteiger charge is 2.48. The molecule has 1 saturated heterocycles. The maximum absolute atomic E-state index is 12.4. The van der Waals surface area contributed by atoms with E-state index in [1.165, 1.54) is 4.90 Å². The molecule has 2 atom stereocenters. The van der Waals surface area contributed by atoms with Gasteiger partial charge in [0, 0.05) is 12.6 Å². The van der Waals surface area contributed by atoms with Crippen molar-refractivity contribution in [1.29, 1.82) is 0 Å². The highest BCUT2D eigenvalue weighted by molar-refractivity contribution is 5.87. The van der Waals surface area contributed by atoms with E-state index in [1.54, 1.807) is 0 Å². The summed E-state index contributed by atoms with van der Waals surface area (Å²) in [5.74, 6) is -0.212. The van der Waals surface area contributed by atoms with Gasteiger partial charge in [-0.25, -0.2) is 9.59 Å². The Morgan fingerprint density at radius 3 is 2.48 bits per heavy atom. The van der Waals surface area contributed by atoms with Gasteiger partial charge >= 0.3 is 12.0 Å². The van der Waals surface area contributed by atoms with Crippen LogP contribution in [0, 0.1) is 5.92 Å². The maximum atomic E-state index is 12.4. The fourth-order valence-electron chi connectivity index (χ4n) is 3.11. The molecule has 5 heteroatoms. The van der Waals surface area contributed by atoms with Crippen LogP contribution in [0.1, 0.15) is 66.2 Å². The quantitative estimate of drug-likeness (QED) is 0.758. The van der Waals surface area contributed by atoms with E-state index < -0.39 is 11.5 Å². The third kappa shape index (κ3) is 4.35. The number of hydrogen-bond acceptors (Lipinski definition) is 2. The molecule has 0 saturated carbocycles. The molecule has 0 aromatic rings. The zero-order valence-electron chi connectivity index (χ0n) is 13.8. The number of nitrogens with zero attached hydrogens (tertiary/aromatic N) is 1. The van der Waals surface area contributed by atoms with Crippen molar-refractivity contribution >= 4 is 12.0 Å². The van der Waals surface area contributed by atoms with Gasteiger partial charge in [-0.2, -0.15) is 0 Å². The maximum Gasteiger partial charge on any atom is 0.329 e. The van der Waals surface area contributed by atoms with Crippen molar-refractivity contribution in [2.75, 3.05) is 6.54 Å².